The first-order chi connectivity index (χ1) is 9.20. The fourth-order valence-corrected chi connectivity index (χ4v) is 2.73. The summed E-state index contributed by atoms with van der Waals surface area (Å²) in [6, 6.07) is 0.211. The first kappa shape index (κ1) is 11.9. The molecule has 7 heteroatoms. The molecule has 2 aromatic heterocycles. The molecule has 2 N–H and O–H groups in total. The number of nitrogens with two attached hydrogens (primary N) is 1. The highest BCUT2D eigenvalue weighted by Gasteiger charge is 2.32. The van der Waals surface area contributed by atoms with Gasteiger partial charge in [-0.25, -0.2) is 15.0 Å². The maximum absolute atomic E-state index is 11.6. The number of imidazole rings is 1. The fourth-order valence-electron chi connectivity index (χ4n) is 2.73. The van der Waals surface area contributed by atoms with E-state index in [-0.39, 0.29) is 17.9 Å². The van der Waals surface area contributed by atoms with Crippen LogP contribution in [0, 0.1) is 5.92 Å². The van der Waals surface area contributed by atoms with Crippen LogP contribution in [0.4, 0.5) is 5.82 Å². The van der Waals surface area contributed by atoms with Crippen molar-refractivity contribution in [1.29, 1.82) is 0 Å². The Balaban J connectivity index is 1.90. The number of esters is 1. The maximum atomic E-state index is 11.6. The van der Waals surface area contributed by atoms with Crippen LogP contribution in [0.1, 0.15) is 25.3 Å². The number of nitrogens with zero attached hydrogens (tertiary/aromatic N) is 4. The summed E-state index contributed by atoms with van der Waals surface area (Å²) < 4.78 is 6.78. The molecule has 1 fully saturated rings. The van der Waals surface area contributed by atoms with Gasteiger partial charge in [0.2, 0.25) is 0 Å². The van der Waals surface area contributed by atoms with Crippen LogP contribution < -0.4 is 5.73 Å². The summed E-state index contributed by atoms with van der Waals surface area (Å²) in [6.45, 7) is 0. The lowest BCUT2D eigenvalue weighted by Crippen LogP contribution is -2.13. The second-order valence-electron chi connectivity index (χ2n) is 4.77. The van der Waals surface area contributed by atoms with Gasteiger partial charge in [0.25, 0.3) is 0 Å². The third-order valence-corrected chi connectivity index (χ3v) is 3.72. The highest BCUT2D eigenvalue weighted by molar-refractivity contribution is 5.81. The third kappa shape index (κ3) is 1.91. The van der Waals surface area contributed by atoms with Gasteiger partial charge in [-0.3, -0.25) is 4.79 Å². The molecule has 2 aromatic rings. The van der Waals surface area contributed by atoms with Crippen LogP contribution in [0.3, 0.4) is 0 Å². The number of aromatic nitrogens is 4. The molecule has 0 aliphatic heterocycles. The molecule has 0 radical (unpaired) electrons. The molecular formula is C12H15N5O2. The van der Waals surface area contributed by atoms with Crippen LogP contribution >= 0.6 is 0 Å². The van der Waals surface area contributed by atoms with Crippen molar-refractivity contribution in [1.82, 2.24) is 19.5 Å². The number of ether oxygens (including phenoxy) is 1. The van der Waals surface area contributed by atoms with Gasteiger partial charge in [0.15, 0.2) is 11.5 Å². The van der Waals surface area contributed by atoms with E-state index in [1.54, 1.807) is 6.33 Å². The van der Waals surface area contributed by atoms with E-state index >= 15 is 0 Å². The monoisotopic (exact) mass is 261 g/mol. The van der Waals surface area contributed by atoms with E-state index in [9.17, 15) is 4.79 Å². The van der Waals surface area contributed by atoms with Crippen molar-refractivity contribution < 1.29 is 9.53 Å². The molecule has 2 heterocycles. The Bertz CT molecular complexity index is 624. The van der Waals surface area contributed by atoms with E-state index in [1.807, 2.05) is 4.57 Å². The molecule has 7 nitrogen and oxygen atoms in total. The standard InChI is InChI=1S/C12H15N5O2/c1-19-12(18)7-2-3-8(4-7)17-6-16-9-10(13)14-5-15-11(9)17/h5-8H,2-4H2,1H3,(H2,13,14,15)/t7-,8+/m1/s1. The minimum absolute atomic E-state index is 0.0355. The Kier molecular flexibility index (Phi) is 2.81. The topological polar surface area (TPSA) is 95.9 Å². The number of fused-ring (bicyclic) bond motifs is 1. The van der Waals surface area contributed by atoms with Crippen LogP contribution in [0.25, 0.3) is 11.2 Å². The van der Waals surface area contributed by atoms with E-state index in [0.29, 0.717) is 11.3 Å². The minimum Gasteiger partial charge on any atom is -0.469 e. The minimum atomic E-state index is -0.138. The molecule has 19 heavy (non-hydrogen) atoms. The average molecular weight is 261 g/mol. The van der Waals surface area contributed by atoms with E-state index in [2.05, 4.69) is 15.0 Å². The molecule has 1 aliphatic carbocycles. The summed E-state index contributed by atoms with van der Waals surface area (Å²) in [5, 5.41) is 0. The zero-order valence-corrected chi connectivity index (χ0v) is 10.6. The van der Waals surface area contributed by atoms with Gasteiger partial charge >= 0.3 is 5.97 Å². The molecule has 0 bridgehead atoms. The maximum Gasteiger partial charge on any atom is 0.308 e. The number of carbonyl (C=O) groups is 1. The zero-order valence-electron chi connectivity index (χ0n) is 10.6. The van der Waals surface area contributed by atoms with Gasteiger partial charge in [-0.2, -0.15) is 0 Å². The highest BCUT2D eigenvalue weighted by Crippen LogP contribution is 2.36. The van der Waals surface area contributed by atoms with E-state index in [1.165, 1.54) is 13.4 Å². The van der Waals surface area contributed by atoms with E-state index < -0.39 is 0 Å². The Morgan fingerprint density at radius 3 is 3.05 bits per heavy atom. The normalized spacial score (nSPS) is 22.8. The predicted octanol–water partition coefficient (Wildman–Crippen LogP) is 0.923. The van der Waals surface area contributed by atoms with Gasteiger partial charge in [0.1, 0.15) is 11.8 Å². The summed E-state index contributed by atoms with van der Waals surface area (Å²) in [4.78, 5) is 24.0. The van der Waals surface area contributed by atoms with Gasteiger partial charge < -0.3 is 15.0 Å². The lowest BCUT2D eigenvalue weighted by atomic mass is 10.1. The SMILES string of the molecule is COC(=O)[C@@H]1CC[C@H](n2cnc3c(N)ncnc32)C1. The molecule has 0 aromatic carbocycles. The Morgan fingerprint density at radius 2 is 2.26 bits per heavy atom. The molecule has 3 rings (SSSR count). The number of carbonyl (C=O) groups excluding carboxylic acids is 1. The molecule has 0 spiro atoms. The van der Waals surface area contributed by atoms with Gasteiger partial charge in [-0.15, -0.1) is 0 Å². The van der Waals surface area contributed by atoms with Crippen molar-refractivity contribution >= 4 is 23.0 Å². The van der Waals surface area contributed by atoms with Crippen molar-refractivity contribution in [2.45, 2.75) is 25.3 Å². The first-order valence-corrected chi connectivity index (χ1v) is 6.21. The summed E-state index contributed by atoms with van der Waals surface area (Å²) in [6.07, 6.45) is 5.65. The van der Waals surface area contributed by atoms with E-state index in [0.717, 1.165) is 24.9 Å². The summed E-state index contributed by atoms with van der Waals surface area (Å²) >= 11 is 0. The van der Waals surface area contributed by atoms with Gasteiger partial charge in [-0.1, -0.05) is 0 Å². The van der Waals surface area contributed by atoms with Crippen LogP contribution in [0.5, 0.6) is 0 Å². The number of anilines is 1. The number of hydrogen-bond donors (Lipinski definition) is 1. The largest absolute Gasteiger partial charge is 0.469 e. The molecule has 0 saturated heterocycles. The van der Waals surface area contributed by atoms with E-state index in [4.69, 9.17) is 10.5 Å². The van der Waals surface area contributed by atoms with Crippen molar-refractivity contribution in [2.75, 3.05) is 12.8 Å². The van der Waals surface area contributed by atoms with Crippen LogP contribution in [-0.2, 0) is 9.53 Å². The predicted molar refractivity (Wildman–Crippen MR) is 68.1 cm³/mol. The second kappa shape index (κ2) is 4.49. The number of nitrogen functional groups attached to an aromatic ring is 1. The average Bonchev–Trinajstić information content (AvgIpc) is 3.04. The lowest BCUT2D eigenvalue weighted by molar-refractivity contribution is -0.145. The second-order valence-corrected chi connectivity index (χ2v) is 4.77. The fraction of sp³-hybridized carbons (Fsp3) is 0.500. The number of methoxy groups -OCH3 is 1. The van der Waals surface area contributed by atoms with Gasteiger partial charge in [0.05, 0.1) is 19.4 Å². The van der Waals surface area contributed by atoms with Crippen LogP contribution in [0.2, 0.25) is 0 Å². The van der Waals surface area contributed by atoms with Crippen molar-refractivity contribution in [3.63, 3.8) is 0 Å². The molecule has 1 aliphatic rings. The molecule has 2 atom stereocenters. The molecular weight excluding hydrogens is 246 g/mol. The summed E-state index contributed by atoms with van der Waals surface area (Å²) in [5.74, 6) is 0.207. The molecule has 0 unspecified atom stereocenters. The summed E-state index contributed by atoms with van der Waals surface area (Å²) in [7, 11) is 1.43. The highest BCUT2D eigenvalue weighted by atomic mass is 16.5. The third-order valence-electron chi connectivity index (χ3n) is 3.72. The quantitative estimate of drug-likeness (QED) is 0.808. The van der Waals surface area contributed by atoms with Crippen molar-refractivity contribution in [2.24, 2.45) is 5.92 Å². The van der Waals surface area contributed by atoms with Crippen LogP contribution in [0.15, 0.2) is 12.7 Å². The van der Waals surface area contributed by atoms with Crippen molar-refractivity contribution in [3.8, 4) is 0 Å². The van der Waals surface area contributed by atoms with Crippen LogP contribution in [-0.4, -0.2) is 32.6 Å². The van der Waals surface area contributed by atoms with Gasteiger partial charge in [-0.05, 0) is 19.3 Å². The molecule has 1 saturated carbocycles. The Labute approximate surface area is 109 Å². The van der Waals surface area contributed by atoms with Gasteiger partial charge in [0, 0.05) is 6.04 Å². The lowest BCUT2D eigenvalue weighted by Gasteiger charge is -2.12. The number of hydrogen-bond acceptors (Lipinski definition) is 6. The molecule has 100 valence electrons. The zero-order chi connectivity index (χ0) is 13.4. The van der Waals surface area contributed by atoms with Crippen molar-refractivity contribution in [3.05, 3.63) is 12.7 Å². The molecule has 0 amide bonds. The Hall–Kier alpha value is -2.18. The smallest absolute Gasteiger partial charge is 0.308 e. The number of rotatable bonds is 2. The first-order valence-electron chi connectivity index (χ1n) is 6.21. The summed E-state index contributed by atoms with van der Waals surface area (Å²) in [5.41, 5.74) is 7.10. The Morgan fingerprint density at radius 1 is 1.42 bits per heavy atom.